The predicted octanol–water partition coefficient (Wildman–Crippen LogP) is 2.70. The fraction of sp³-hybridized carbons (Fsp3) is 0.261. The minimum absolute atomic E-state index is 0.0289. The van der Waals surface area contributed by atoms with E-state index < -0.39 is 30.0 Å². The minimum Gasteiger partial charge on any atom is -0.481 e. The van der Waals surface area contributed by atoms with Gasteiger partial charge in [0.2, 0.25) is 5.91 Å². The second kappa shape index (κ2) is 11.9. The van der Waals surface area contributed by atoms with Gasteiger partial charge >= 0.3 is 5.97 Å². The molecule has 1 aliphatic heterocycles. The minimum atomic E-state index is -1.07. The summed E-state index contributed by atoms with van der Waals surface area (Å²) in [5.74, 6) is -1.77. The van der Waals surface area contributed by atoms with Crippen molar-refractivity contribution < 1.29 is 23.9 Å². The molecule has 0 fully saturated rings. The Bertz CT molecular complexity index is 1360. The molecule has 0 spiro atoms. The number of rotatable bonds is 8. The van der Waals surface area contributed by atoms with Gasteiger partial charge in [0.25, 0.3) is 5.91 Å². The number of nitrogens with one attached hydrogen (secondary N) is 5. The predicted molar refractivity (Wildman–Crippen MR) is 147 cm³/mol. The van der Waals surface area contributed by atoms with Crippen molar-refractivity contribution in [3.8, 4) is 0 Å². The molecule has 0 saturated heterocycles. The molecule has 2 heterocycles. The van der Waals surface area contributed by atoms with Gasteiger partial charge in [-0.3, -0.25) is 19.5 Å². The number of amides is 2. The average molecular weight is 686 g/mol. The standard InChI is InChI=1S/C23H22BrFIN7O4/c24-13-1-11(2-15(26)5-13)17(6-21(35)36)31-20(34)10-27-22(37)12-3-18(16-9-30-33-19(16)4-12)32-23-28-7-14(25)8-29-23/h1-5,9,14,17H,6-8,10H2,(H,27,37)(H,30,33)(H,31,34)(H,35,36)(H2,28,29,32). The molecule has 4 rings (SSSR count). The maximum absolute atomic E-state index is 13.4. The highest BCUT2D eigenvalue weighted by atomic mass is 127. The summed E-state index contributed by atoms with van der Waals surface area (Å²) < 4.78 is 15.0. The topological polar surface area (TPSA) is 161 Å². The summed E-state index contributed by atoms with van der Waals surface area (Å²) in [6.07, 6.45) is 0.198. The van der Waals surface area contributed by atoms with E-state index in [1.54, 1.807) is 30.5 Å². The molecule has 2 unspecified atom stereocenters. The lowest BCUT2D eigenvalue weighted by atomic mass is 10.0. The zero-order valence-electron chi connectivity index (χ0n) is 19.1. The summed E-state index contributed by atoms with van der Waals surface area (Å²) in [6.45, 7) is -0.214. The van der Waals surface area contributed by atoms with Crippen molar-refractivity contribution in [3.05, 3.63) is 55.7 Å². The highest BCUT2D eigenvalue weighted by Crippen LogP contribution is 2.25. The molecule has 11 nitrogen and oxygen atoms in total. The summed E-state index contributed by atoms with van der Waals surface area (Å²) in [5.41, 5.74) is 1.97. The quantitative estimate of drug-likeness (QED) is 0.199. The van der Waals surface area contributed by atoms with Crippen LogP contribution in [0.2, 0.25) is 0 Å². The van der Waals surface area contributed by atoms with Crippen LogP contribution >= 0.6 is 38.5 Å². The third-order valence-corrected chi connectivity index (χ3v) is 6.50. The van der Waals surface area contributed by atoms with E-state index >= 15 is 0 Å². The van der Waals surface area contributed by atoms with E-state index in [1.165, 1.54) is 0 Å². The number of aromatic nitrogens is 2. The van der Waals surface area contributed by atoms with Crippen molar-refractivity contribution in [2.75, 3.05) is 25.0 Å². The SMILES string of the molecule is O=C(O)CC(NC(=O)CNC(=O)c1cc(NC2=NCC(F)CN2)c2cn[nH]c2c1)c1cc(Br)cc(I)c1. The molecule has 1 aliphatic rings. The van der Waals surface area contributed by atoms with Crippen molar-refractivity contribution in [3.63, 3.8) is 0 Å². The number of guanidine groups is 1. The van der Waals surface area contributed by atoms with E-state index in [0.29, 0.717) is 28.1 Å². The number of halogens is 3. The molecule has 14 heteroatoms. The number of carboxylic acids is 1. The van der Waals surface area contributed by atoms with E-state index in [2.05, 4.69) is 75.0 Å². The second-order valence-corrected chi connectivity index (χ2v) is 10.4. The van der Waals surface area contributed by atoms with Gasteiger partial charge in [-0.15, -0.1) is 0 Å². The van der Waals surface area contributed by atoms with Crippen LogP contribution in [-0.2, 0) is 9.59 Å². The number of nitrogens with zero attached hydrogens (tertiary/aromatic N) is 2. The van der Waals surface area contributed by atoms with Gasteiger partial charge in [-0.1, -0.05) is 15.9 Å². The van der Waals surface area contributed by atoms with E-state index in [-0.39, 0.29) is 31.6 Å². The van der Waals surface area contributed by atoms with Crippen LogP contribution in [0.1, 0.15) is 28.4 Å². The number of aromatic amines is 1. The number of hydrogen-bond acceptors (Lipinski definition) is 7. The molecule has 0 aliphatic carbocycles. The van der Waals surface area contributed by atoms with Crippen molar-refractivity contribution in [1.29, 1.82) is 0 Å². The maximum Gasteiger partial charge on any atom is 0.305 e. The largest absolute Gasteiger partial charge is 0.481 e. The number of hydrogen-bond donors (Lipinski definition) is 6. The molecule has 2 amide bonds. The maximum atomic E-state index is 13.4. The van der Waals surface area contributed by atoms with Crippen molar-refractivity contribution >= 4 is 78.9 Å². The van der Waals surface area contributed by atoms with Crippen LogP contribution in [0.3, 0.4) is 0 Å². The molecule has 1 aromatic heterocycles. The molecule has 6 N–H and O–H groups in total. The first kappa shape index (κ1) is 26.8. The number of alkyl halides is 1. The highest BCUT2D eigenvalue weighted by molar-refractivity contribution is 14.1. The number of fused-ring (bicyclic) bond motifs is 1. The molecular formula is C23H22BrFIN7O4. The van der Waals surface area contributed by atoms with E-state index in [9.17, 15) is 23.9 Å². The Hall–Kier alpha value is -3.27. The van der Waals surface area contributed by atoms with Crippen LogP contribution in [0.15, 0.2) is 46.0 Å². The number of benzene rings is 2. The fourth-order valence-corrected chi connectivity index (χ4v) is 5.36. The summed E-state index contributed by atoms with van der Waals surface area (Å²) in [7, 11) is 0. The monoisotopic (exact) mass is 685 g/mol. The van der Waals surface area contributed by atoms with Gasteiger partial charge < -0.3 is 26.4 Å². The first-order chi connectivity index (χ1) is 17.7. The molecule has 0 radical (unpaired) electrons. The smallest absolute Gasteiger partial charge is 0.305 e. The molecule has 2 atom stereocenters. The third kappa shape index (κ3) is 7.15. The zero-order valence-corrected chi connectivity index (χ0v) is 22.9. The van der Waals surface area contributed by atoms with Crippen molar-refractivity contribution in [2.45, 2.75) is 18.6 Å². The van der Waals surface area contributed by atoms with Gasteiger partial charge in [-0.05, 0) is 58.5 Å². The highest BCUT2D eigenvalue weighted by Gasteiger charge is 2.21. The first-order valence-corrected chi connectivity index (χ1v) is 13.0. The Morgan fingerprint density at radius 2 is 2.05 bits per heavy atom. The van der Waals surface area contributed by atoms with E-state index in [1.807, 2.05) is 6.07 Å². The Balaban J connectivity index is 1.44. The van der Waals surface area contributed by atoms with Gasteiger partial charge in [0.1, 0.15) is 6.17 Å². The Kier molecular flexibility index (Phi) is 8.58. The lowest BCUT2D eigenvalue weighted by Gasteiger charge is -2.19. The normalized spacial score (nSPS) is 15.9. The summed E-state index contributed by atoms with van der Waals surface area (Å²) >= 11 is 5.48. The first-order valence-electron chi connectivity index (χ1n) is 11.1. The van der Waals surface area contributed by atoms with E-state index in [0.717, 1.165) is 8.04 Å². The van der Waals surface area contributed by atoms with Crippen LogP contribution < -0.4 is 21.3 Å². The molecule has 37 heavy (non-hydrogen) atoms. The molecule has 3 aromatic rings. The Morgan fingerprint density at radius 3 is 2.76 bits per heavy atom. The van der Waals surface area contributed by atoms with Crippen LogP contribution in [-0.4, -0.2) is 64.9 Å². The zero-order chi connectivity index (χ0) is 26.5. The van der Waals surface area contributed by atoms with Gasteiger partial charge in [-0.2, -0.15) is 5.10 Å². The summed E-state index contributed by atoms with van der Waals surface area (Å²) in [4.78, 5) is 41.0. The number of anilines is 1. The number of aliphatic imine (C=N–C) groups is 1. The average Bonchev–Trinajstić information content (AvgIpc) is 3.32. The van der Waals surface area contributed by atoms with Crippen molar-refractivity contribution in [2.24, 2.45) is 4.99 Å². The number of aliphatic carboxylic acids is 1. The Morgan fingerprint density at radius 1 is 1.24 bits per heavy atom. The second-order valence-electron chi connectivity index (χ2n) is 8.25. The van der Waals surface area contributed by atoms with Gasteiger partial charge in [0.15, 0.2) is 5.96 Å². The molecule has 0 bridgehead atoms. The number of H-pyrrole nitrogens is 1. The van der Waals surface area contributed by atoms with Crippen LogP contribution in [0.4, 0.5) is 10.1 Å². The van der Waals surface area contributed by atoms with Crippen LogP contribution in [0.25, 0.3) is 10.9 Å². The fourth-order valence-electron chi connectivity index (χ4n) is 3.73. The van der Waals surface area contributed by atoms with Gasteiger partial charge in [0.05, 0.1) is 49.5 Å². The van der Waals surface area contributed by atoms with Gasteiger partial charge in [-0.25, -0.2) is 9.38 Å². The summed E-state index contributed by atoms with van der Waals surface area (Å²) in [6, 6.07) is 7.77. The summed E-state index contributed by atoms with van der Waals surface area (Å²) in [5, 5.41) is 28.0. The molecule has 2 aromatic carbocycles. The van der Waals surface area contributed by atoms with Gasteiger partial charge in [0, 0.05) is 19.0 Å². The molecule has 194 valence electrons. The molecule has 0 saturated carbocycles. The molecular weight excluding hydrogens is 664 g/mol. The number of carbonyl (C=O) groups excluding carboxylic acids is 2. The van der Waals surface area contributed by atoms with Crippen LogP contribution in [0, 0.1) is 3.57 Å². The van der Waals surface area contributed by atoms with Crippen LogP contribution in [0.5, 0.6) is 0 Å². The number of carbonyl (C=O) groups is 3. The lowest BCUT2D eigenvalue weighted by molar-refractivity contribution is -0.137. The van der Waals surface area contributed by atoms with Crippen molar-refractivity contribution in [1.82, 2.24) is 26.1 Å². The third-order valence-electron chi connectivity index (χ3n) is 5.42. The van der Waals surface area contributed by atoms with E-state index in [4.69, 9.17) is 0 Å². The number of carboxylic acid groups (broad SMARTS) is 1. The lowest BCUT2D eigenvalue weighted by Crippen LogP contribution is -2.41. The Labute approximate surface area is 232 Å².